The average Bonchev–Trinajstić information content (AvgIpc) is 3.47. The number of benzene rings is 1. The molecule has 1 aromatic carbocycles. The zero-order chi connectivity index (χ0) is 21.8. The zero-order valence-corrected chi connectivity index (χ0v) is 18.0. The molecule has 2 aromatic rings. The molecule has 2 atom stereocenters. The number of amides is 4. The van der Waals surface area contributed by atoms with Crippen LogP contribution in [0.3, 0.4) is 0 Å². The third-order valence-electron chi connectivity index (χ3n) is 6.49. The van der Waals surface area contributed by atoms with Gasteiger partial charge in [-0.05, 0) is 50.4 Å². The number of aromatic nitrogens is 1. The molecule has 1 aromatic heterocycles. The van der Waals surface area contributed by atoms with Gasteiger partial charge < -0.3 is 15.6 Å². The molecule has 0 saturated carbocycles. The van der Waals surface area contributed by atoms with Crippen molar-refractivity contribution in [2.24, 2.45) is 0 Å². The number of imide groups is 1. The average molecular weight is 426 g/mol. The number of carbonyl (C=O) groups is 3. The summed E-state index contributed by atoms with van der Waals surface area (Å²) in [7, 11) is 0. The van der Waals surface area contributed by atoms with Crippen LogP contribution in [-0.2, 0) is 16.0 Å². The third kappa shape index (κ3) is 4.74. The Hall–Kier alpha value is -2.87. The van der Waals surface area contributed by atoms with Crippen molar-refractivity contribution in [3.63, 3.8) is 0 Å². The number of aromatic amines is 1. The van der Waals surface area contributed by atoms with Gasteiger partial charge in [-0.15, -0.1) is 0 Å². The topological polar surface area (TPSA) is 97.5 Å². The first kappa shape index (κ1) is 21.4. The molecule has 8 heteroatoms. The summed E-state index contributed by atoms with van der Waals surface area (Å²) in [6.45, 7) is 5.20. The highest BCUT2D eigenvalue weighted by Gasteiger charge is 2.37. The maximum Gasteiger partial charge on any atom is 0.324 e. The van der Waals surface area contributed by atoms with E-state index >= 15 is 0 Å². The highest BCUT2D eigenvalue weighted by atomic mass is 16.2. The van der Waals surface area contributed by atoms with Gasteiger partial charge in [0.15, 0.2) is 0 Å². The van der Waals surface area contributed by atoms with Crippen LogP contribution in [0.4, 0.5) is 4.79 Å². The van der Waals surface area contributed by atoms with Crippen LogP contribution in [0.5, 0.6) is 0 Å². The molecule has 2 aliphatic rings. The second-order valence-electron chi connectivity index (χ2n) is 8.37. The van der Waals surface area contributed by atoms with E-state index in [1.54, 1.807) is 0 Å². The molecule has 8 nitrogen and oxygen atoms in total. The van der Waals surface area contributed by atoms with Gasteiger partial charge in [0.2, 0.25) is 5.91 Å². The largest absolute Gasteiger partial charge is 0.361 e. The van der Waals surface area contributed by atoms with E-state index in [-0.39, 0.29) is 24.3 Å². The minimum Gasteiger partial charge on any atom is -0.361 e. The Labute approximate surface area is 182 Å². The number of carbonyl (C=O) groups excluding carboxylic acids is 3. The number of rotatable bonds is 9. The molecule has 4 rings (SSSR count). The number of hydrogen-bond acceptors (Lipinski definition) is 4. The fourth-order valence-corrected chi connectivity index (χ4v) is 4.69. The Morgan fingerprint density at radius 1 is 1.26 bits per heavy atom. The Balaban J connectivity index is 1.24. The lowest BCUT2D eigenvalue weighted by molar-refractivity contribution is -0.127. The molecule has 2 saturated heterocycles. The van der Waals surface area contributed by atoms with Crippen LogP contribution in [-0.4, -0.2) is 70.9 Å². The summed E-state index contributed by atoms with van der Waals surface area (Å²) < 4.78 is 0. The van der Waals surface area contributed by atoms with Crippen molar-refractivity contribution in [3.8, 4) is 0 Å². The normalized spacial score (nSPS) is 21.8. The third-order valence-corrected chi connectivity index (χ3v) is 6.49. The number of likely N-dealkylation sites (tertiary alicyclic amines) is 1. The number of para-hydroxylation sites is 1. The van der Waals surface area contributed by atoms with Crippen molar-refractivity contribution >= 4 is 28.7 Å². The van der Waals surface area contributed by atoms with Gasteiger partial charge in [0.25, 0.3) is 5.91 Å². The molecule has 31 heavy (non-hydrogen) atoms. The Kier molecular flexibility index (Phi) is 6.56. The number of hydrogen-bond donors (Lipinski definition) is 3. The first-order valence-corrected chi connectivity index (χ1v) is 11.2. The minimum atomic E-state index is -0.625. The van der Waals surface area contributed by atoms with Crippen molar-refractivity contribution in [1.82, 2.24) is 25.4 Å². The van der Waals surface area contributed by atoms with Crippen LogP contribution in [0.2, 0.25) is 0 Å². The number of H-pyrrole nitrogens is 1. The smallest absolute Gasteiger partial charge is 0.324 e. The zero-order valence-electron chi connectivity index (χ0n) is 18.0. The molecule has 0 bridgehead atoms. The monoisotopic (exact) mass is 425 g/mol. The molecule has 2 aliphatic heterocycles. The predicted octanol–water partition coefficient (Wildman–Crippen LogP) is 2.01. The van der Waals surface area contributed by atoms with Gasteiger partial charge in [0.05, 0.1) is 0 Å². The standard InChI is InChI=1S/C23H31N5O3/c1-2-27-12-5-6-17(27)15-25-21(29)10-9-20-22(30)28(23(31)26-20)13-11-16-14-24-19-8-4-3-7-18(16)19/h3-4,7-8,14,17,20,24H,2,5-6,9-13,15H2,1H3,(H,25,29)(H,26,31)/t17?,20-/m0/s1. The van der Waals surface area contributed by atoms with Crippen molar-refractivity contribution in [2.75, 3.05) is 26.2 Å². The van der Waals surface area contributed by atoms with Crippen molar-refractivity contribution < 1.29 is 14.4 Å². The lowest BCUT2D eigenvalue weighted by Gasteiger charge is -2.22. The first-order chi connectivity index (χ1) is 15.1. The second-order valence-corrected chi connectivity index (χ2v) is 8.37. The molecule has 0 aliphatic carbocycles. The minimum absolute atomic E-state index is 0.0674. The van der Waals surface area contributed by atoms with Crippen LogP contribution < -0.4 is 10.6 Å². The van der Waals surface area contributed by atoms with E-state index in [9.17, 15) is 14.4 Å². The van der Waals surface area contributed by atoms with E-state index in [1.807, 2.05) is 30.5 Å². The summed E-state index contributed by atoms with van der Waals surface area (Å²) in [5, 5.41) is 6.82. The second kappa shape index (κ2) is 9.51. The van der Waals surface area contributed by atoms with Gasteiger partial charge in [0, 0.05) is 42.7 Å². The first-order valence-electron chi connectivity index (χ1n) is 11.2. The van der Waals surface area contributed by atoms with E-state index in [0.717, 1.165) is 36.0 Å². The number of nitrogens with zero attached hydrogens (tertiary/aromatic N) is 2. The molecule has 4 amide bonds. The molecular formula is C23H31N5O3. The van der Waals surface area contributed by atoms with Gasteiger partial charge in [-0.1, -0.05) is 25.1 Å². The van der Waals surface area contributed by atoms with Crippen molar-refractivity contribution in [1.29, 1.82) is 0 Å². The number of likely N-dealkylation sites (N-methyl/N-ethyl adjacent to an activating group) is 1. The quantitative estimate of drug-likeness (QED) is 0.536. The van der Waals surface area contributed by atoms with Crippen molar-refractivity contribution in [2.45, 2.75) is 51.1 Å². The Morgan fingerprint density at radius 3 is 2.94 bits per heavy atom. The van der Waals surface area contributed by atoms with Gasteiger partial charge in [-0.2, -0.15) is 0 Å². The SMILES string of the molecule is CCN1CCCC1CNC(=O)CC[C@@H]1NC(=O)N(CCc2c[nH]c3ccccc23)C1=O. The molecule has 0 radical (unpaired) electrons. The molecule has 166 valence electrons. The highest BCUT2D eigenvalue weighted by Crippen LogP contribution is 2.20. The van der Waals surface area contributed by atoms with Crippen LogP contribution in [0.1, 0.15) is 38.2 Å². The van der Waals surface area contributed by atoms with Gasteiger partial charge in [0.1, 0.15) is 6.04 Å². The van der Waals surface area contributed by atoms with Gasteiger partial charge in [-0.25, -0.2) is 4.79 Å². The van der Waals surface area contributed by atoms with E-state index in [2.05, 4.69) is 27.4 Å². The summed E-state index contributed by atoms with van der Waals surface area (Å²) in [6.07, 6.45) is 5.34. The molecule has 1 unspecified atom stereocenters. The van der Waals surface area contributed by atoms with Crippen LogP contribution in [0.25, 0.3) is 10.9 Å². The number of nitrogens with one attached hydrogen (secondary N) is 3. The molecule has 0 spiro atoms. The Morgan fingerprint density at radius 2 is 2.10 bits per heavy atom. The van der Waals surface area contributed by atoms with E-state index in [4.69, 9.17) is 0 Å². The lowest BCUT2D eigenvalue weighted by Crippen LogP contribution is -2.40. The highest BCUT2D eigenvalue weighted by molar-refractivity contribution is 6.04. The van der Waals surface area contributed by atoms with Gasteiger partial charge in [-0.3, -0.25) is 19.4 Å². The molecule has 3 heterocycles. The summed E-state index contributed by atoms with van der Waals surface area (Å²) in [4.78, 5) is 44.1. The fourth-order valence-electron chi connectivity index (χ4n) is 4.69. The lowest BCUT2D eigenvalue weighted by atomic mass is 10.1. The fraction of sp³-hybridized carbons (Fsp3) is 0.522. The van der Waals surface area contributed by atoms with E-state index in [1.165, 1.54) is 11.3 Å². The maximum absolute atomic E-state index is 12.7. The number of fused-ring (bicyclic) bond motifs is 1. The van der Waals surface area contributed by atoms with E-state index in [0.29, 0.717) is 32.0 Å². The predicted molar refractivity (Wildman–Crippen MR) is 119 cm³/mol. The van der Waals surface area contributed by atoms with E-state index < -0.39 is 6.04 Å². The number of urea groups is 1. The van der Waals surface area contributed by atoms with Crippen LogP contribution in [0.15, 0.2) is 30.5 Å². The molecule has 3 N–H and O–H groups in total. The van der Waals surface area contributed by atoms with Crippen LogP contribution in [0, 0.1) is 0 Å². The molecule has 2 fully saturated rings. The van der Waals surface area contributed by atoms with Gasteiger partial charge >= 0.3 is 6.03 Å². The molecular weight excluding hydrogens is 394 g/mol. The summed E-state index contributed by atoms with van der Waals surface area (Å²) in [5.41, 5.74) is 2.12. The summed E-state index contributed by atoms with van der Waals surface area (Å²) in [5.74, 6) is -0.312. The van der Waals surface area contributed by atoms with Crippen LogP contribution >= 0.6 is 0 Å². The summed E-state index contributed by atoms with van der Waals surface area (Å²) >= 11 is 0. The van der Waals surface area contributed by atoms with Crippen molar-refractivity contribution in [3.05, 3.63) is 36.0 Å². The Bertz CT molecular complexity index is 956. The maximum atomic E-state index is 12.7. The summed E-state index contributed by atoms with van der Waals surface area (Å²) in [6, 6.07) is 7.37.